The maximum absolute atomic E-state index is 12.1. The van der Waals surface area contributed by atoms with Crippen LogP contribution in [0.1, 0.15) is 49.8 Å². The summed E-state index contributed by atoms with van der Waals surface area (Å²) in [4.78, 5) is 26.8. The van der Waals surface area contributed by atoms with Crippen LogP contribution in [0.25, 0.3) is 0 Å². The SMILES string of the molecule is CN(Cc1ccc(Br)s1)C(=O)CCCNC(=O)NC1CCCCC1. The molecule has 1 aromatic heterocycles. The first kappa shape index (κ1) is 19.2. The Morgan fingerprint density at radius 1 is 1.29 bits per heavy atom. The number of nitrogens with zero attached hydrogens (tertiary/aromatic N) is 1. The lowest BCUT2D eigenvalue weighted by Crippen LogP contribution is -2.43. The molecule has 2 rings (SSSR count). The number of hydrogen-bond donors (Lipinski definition) is 2. The Morgan fingerprint density at radius 2 is 2.04 bits per heavy atom. The molecule has 0 spiro atoms. The van der Waals surface area contributed by atoms with Gasteiger partial charge < -0.3 is 15.5 Å². The molecule has 24 heavy (non-hydrogen) atoms. The monoisotopic (exact) mass is 415 g/mol. The van der Waals surface area contributed by atoms with E-state index in [1.165, 1.54) is 19.3 Å². The number of rotatable bonds is 7. The summed E-state index contributed by atoms with van der Waals surface area (Å²) in [7, 11) is 1.82. The molecule has 0 radical (unpaired) electrons. The number of halogens is 1. The molecule has 5 nitrogen and oxygen atoms in total. The van der Waals surface area contributed by atoms with Gasteiger partial charge in [0.25, 0.3) is 0 Å². The molecule has 0 saturated heterocycles. The highest BCUT2D eigenvalue weighted by molar-refractivity contribution is 9.11. The van der Waals surface area contributed by atoms with E-state index < -0.39 is 0 Å². The molecule has 2 N–H and O–H groups in total. The third-order valence-electron chi connectivity index (χ3n) is 4.24. The van der Waals surface area contributed by atoms with E-state index in [1.807, 2.05) is 19.2 Å². The summed E-state index contributed by atoms with van der Waals surface area (Å²) < 4.78 is 1.08. The second-order valence-corrected chi connectivity index (χ2v) is 8.84. The Balaban J connectivity index is 1.57. The zero-order valence-corrected chi connectivity index (χ0v) is 16.5. The first-order valence-corrected chi connectivity index (χ1v) is 10.2. The quantitative estimate of drug-likeness (QED) is 0.663. The number of urea groups is 1. The minimum absolute atomic E-state index is 0.105. The van der Waals surface area contributed by atoms with Crippen molar-refractivity contribution in [3.8, 4) is 0 Å². The van der Waals surface area contributed by atoms with Gasteiger partial charge in [0.05, 0.1) is 10.3 Å². The van der Waals surface area contributed by atoms with Crippen molar-refractivity contribution in [1.82, 2.24) is 15.5 Å². The molecule has 134 valence electrons. The van der Waals surface area contributed by atoms with Gasteiger partial charge in [0.2, 0.25) is 5.91 Å². The standard InChI is InChI=1S/C17H26BrN3O2S/c1-21(12-14-9-10-15(18)24-14)16(22)8-5-11-19-17(23)20-13-6-3-2-4-7-13/h9-10,13H,2-8,11-12H2,1H3,(H2,19,20,23). The molecule has 3 amide bonds. The topological polar surface area (TPSA) is 61.4 Å². The maximum Gasteiger partial charge on any atom is 0.315 e. The van der Waals surface area contributed by atoms with Crippen LogP contribution in [0.5, 0.6) is 0 Å². The normalized spacial score (nSPS) is 15.1. The van der Waals surface area contributed by atoms with Crippen LogP contribution < -0.4 is 10.6 Å². The first-order chi connectivity index (χ1) is 11.5. The Labute approximate surface area is 156 Å². The zero-order valence-electron chi connectivity index (χ0n) is 14.1. The molecule has 1 saturated carbocycles. The van der Waals surface area contributed by atoms with Crippen molar-refractivity contribution in [3.05, 3.63) is 20.8 Å². The van der Waals surface area contributed by atoms with Crippen molar-refractivity contribution in [1.29, 1.82) is 0 Å². The van der Waals surface area contributed by atoms with Crippen molar-refractivity contribution in [2.75, 3.05) is 13.6 Å². The van der Waals surface area contributed by atoms with Gasteiger partial charge in [0.1, 0.15) is 0 Å². The van der Waals surface area contributed by atoms with Crippen LogP contribution in [0.15, 0.2) is 15.9 Å². The van der Waals surface area contributed by atoms with E-state index in [-0.39, 0.29) is 11.9 Å². The highest BCUT2D eigenvalue weighted by Gasteiger charge is 2.15. The molecule has 1 aromatic rings. The van der Waals surface area contributed by atoms with Gasteiger partial charge in [-0.25, -0.2) is 4.79 Å². The lowest BCUT2D eigenvalue weighted by Gasteiger charge is -2.22. The van der Waals surface area contributed by atoms with Crippen LogP contribution in [-0.4, -0.2) is 36.5 Å². The van der Waals surface area contributed by atoms with Crippen molar-refractivity contribution in [3.63, 3.8) is 0 Å². The summed E-state index contributed by atoms with van der Waals surface area (Å²) in [6.07, 6.45) is 6.95. The van der Waals surface area contributed by atoms with Gasteiger partial charge in [-0.3, -0.25) is 4.79 Å². The maximum atomic E-state index is 12.1. The highest BCUT2D eigenvalue weighted by atomic mass is 79.9. The van der Waals surface area contributed by atoms with Gasteiger partial charge in [-0.1, -0.05) is 19.3 Å². The van der Waals surface area contributed by atoms with Crippen LogP contribution in [0, 0.1) is 0 Å². The second-order valence-electron chi connectivity index (χ2n) is 6.29. The first-order valence-electron chi connectivity index (χ1n) is 8.57. The number of amides is 3. The van der Waals surface area contributed by atoms with Gasteiger partial charge in [-0.2, -0.15) is 0 Å². The molecule has 1 fully saturated rings. The average Bonchev–Trinajstić information content (AvgIpc) is 2.97. The molecule has 0 aliphatic heterocycles. The summed E-state index contributed by atoms with van der Waals surface area (Å²) in [5.41, 5.74) is 0. The molecular formula is C17H26BrN3O2S. The van der Waals surface area contributed by atoms with Gasteiger partial charge in [-0.05, 0) is 47.3 Å². The van der Waals surface area contributed by atoms with Gasteiger partial charge in [0, 0.05) is 30.9 Å². The number of thiophene rings is 1. The van der Waals surface area contributed by atoms with Crippen molar-refractivity contribution < 1.29 is 9.59 Å². The fourth-order valence-electron chi connectivity index (χ4n) is 2.87. The predicted molar refractivity (Wildman–Crippen MR) is 101 cm³/mol. The van der Waals surface area contributed by atoms with Crippen molar-refractivity contribution in [2.45, 2.75) is 57.5 Å². The fraction of sp³-hybridized carbons (Fsp3) is 0.647. The van der Waals surface area contributed by atoms with E-state index in [2.05, 4.69) is 26.6 Å². The Hall–Kier alpha value is -1.08. The fourth-order valence-corrected chi connectivity index (χ4v) is 4.41. The molecule has 0 atom stereocenters. The van der Waals surface area contributed by atoms with Crippen molar-refractivity contribution >= 4 is 39.2 Å². The minimum atomic E-state index is -0.105. The summed E-state index contributed by atoms with van der Waals surface area (Å²) in [5, 5.41) is 5.87. The van der Waals surface area contributed by atoms with Crippen LogP contribution >= 0.6 is 27.3 Å². The summed E-state index contributed by atoms with van der Waals surface area (Å²) >= 11 is 5.07. The van der Waals surface area contributed by atoms with Crippen molar-refractivity contribution in [2.24, 2.45) is 0 Å². The van der Waals surface area contributed by atoms with Crippen LogP contribution in [0.2, 0.25) is 0 Å². The minimum Gasteiger partial charge on any atom is -0.341 e. The van der Waals surface area contributed by atoms with E-state index in [0.29, 0.717) is 32.0 Å². The molecular weight excluding hydrogens is 390 g/mol. The molecule has 0 bridgehead atoms. The van der Waals surface area contributed by atoms with E-state index in [1.54, 1.807) is 16.2 Å². The number of hydrogen-bond acceptors (Lipinski definition) is 3. The third-order valence-corrected chi connectivity index (χ3v) is 5.85. The summed E-state index contributed by atoms with van der Waals surface area (Å²) in [5.74, 6) is 0.106. The Morgan fingerprint density at radius 3 is 2.71 bits per heavy atom. The molecule has 7 heteroatoms. The Kier molecular flexibility index (Phi) is 8.05. The average molecular weight is 416 g/mol. The van der Waals surface area contributed by atoms with E-state index in [4.69, 9.17) is 0 Å². The second kappa shape index (κ2) is 10.0. The van der Waals surface area contributed by atoms with Gasteiger partial charge in [0.15, 0.2) is 0 Å². The third kappa shape index (κ3) is 6.81. The van der Waals surface area contributed by atoms with Crippen LogP contribution in [0.3, 0.4) is 0 Å². The molecule has 1 aliphatic rings. The largest absolute Gasteiger partial charge is 0.341 e. The molecule has 0 aromatic carbocycles. The number of nitrogens with one attached hydrogen (secondary N) is 2. The van der Waals surface area contributed by atoms with E-state index in [0.717, 1.165) is 21.5 Å². The predicted octanol–water partition coefficient (Wildman–Crippen LogP) is 3.88. The van der Waals surface area contributed by atoms with Gasteiger partial charge in [-0.15, -0.1) is 11.3 Å². The smallest absolute Gasteiger partial charge is 0.315 e. The number of carbonyl (C=O) groups is 2. The van der Waals surface area contributed by atoms with E-state index >= 15 is 0 Å². The highest BCUT2D eigenvalue weighted by Crippen LogP contribution is 2.23. The van der Waals surface area contributed by atoms with Gasteiger partial charge >= 0.3 is 6.03 Å². The molecule has 0 unspecified atom stereocenters. The summed E-state index contributed by atoms with van der Waals surface area (Å²) in [6, 6.07) is 4.23. The van der Waals surface area contributed by atoms with Crippen LogP contribution in [0.4, 0.5) is 4.79 Å². The zero-order chi connectivity index (χ0) is 17.4. The lowest BCUT2D eigenvalue weighted by molar-refractivity contribution is -0.130. The lowest BCUT2D eigenvalue weighted by atomic mass is 9.96. The molecule has 1 heterocycles. The summed E-state index contributed by atoms with van der Waals surface area (Å²) in [6.45, 7) is 1.16. The Bertz CT molecular complexity index is 544. The number of carbonyl (C=O) groups excluding carboxylic acids is 2. The molecule has 1 aliphatic carbocycles. The van der Waals surface area contributed by atoms with E-state index in [9.17, 15) is 9.59 Å². The van der Waals surface area contributed by atoms with Crippen LogP contribution in [-0.2, 0) is 11.3 Å².